The summed E-state index contributed by atoms with van der Waals surface area (Å²) in [7, 11) is 0. The van der Waals surface area contributed by atoms with E-state index in [2.05, 4.69) is 6.92 Å². The van der Waals surface area contributed by atoms with Crippen LogP contribution in [-0.4, -0.2) is 49.8 Å². The van der Waals surface area contributed by atoms with E-state index < -0.39 is 11.2 Å². The minimum Gasteiger partial charge on any atom is -0.370 e. The standard InChI is InChI=1S/C14H26O6/c1-5-14(4,20-18-9-12-7-16-12)10-13(2,3)19-17-8-11-6-15-11/h11-12H,5-10H2,1-4H3. The molecule has 0 aromatic carbocycles. The average Bonchev–Trinajstić information content (AvgIpc) is 3.22. The lowest BCUT2D eigenvalue weighted by Gasteiger charge is -2.34. The van der Waals surface area contributed by atoms with Crippen LogP contribution in [0.5, 0.6) is 0 Å². The second-order valence-corrected chi connectivity index (χ2v) is 6.39. The van der Waals surface area contributed by atoms with Gasteiger partial charge in [0.15, 0.2) is 0 Å². The summed E-state index contributed by atoms with van der Waals surface area (Å²) >= 11 is 0. The van der Waals surface area contributed by atoms with Crippen molar-refractivity contribution in [2.45, 2.75) is 63.9 Å². The maximum Gasteiger partial charge on any atom is 0.111 e. The smallest absolute Gasteiger partial charge is 0.111 e. The number of rotatable bonds is 11. The first-order chi connectivity index (χ1) is 9.42. The number of hydrogen-bond donors (Lipinski definition) is 0. The van der Waals surface area contributed by atoms with E-state index in [9.17, 15) is 0 Å². The minimum absolute atomic E-state index is 0.196. The Labute approximate surface area is 120 Å². The van der Waals surface area contributed by atoms with Crippen molar-refractivity contribution >= 4 is 0 Å². The molecular formula is C14H26O6. The molecule has 0 aromatic heterocycles. The molecule has 0 aromatic rings. The number of ether oxygens (including phenoxy) is 2. The van der Waals surface area contributed by atoms with Gasteiger partial charge in [-0.3, -0.25) is 0 Å². The largest absolute Gasteiger partial charge is 0.370 e. The van der Waals surface area contributed by atoms with Crippen LogP contribution in [0.3, 0.4) is 0 Å². The van der Waals surface area contributed by atoms with Crippen molar-refractivity contribution in [3.8, 4) is 0 Å². The third-order valence-electron chi connectivity index (χ3n) is 3.40. The van der Waals surface area contributed by atoms with Crippen molar-refractivity contribution in [2.24, 2.45) is 0 Å². The zero-order chi connectivity index (χ0) is 14.6. The molecule has 6 heteroatoms. The summed E-state index contributed by atoms with van der Waals surface area (Å²) in [5.41, 5.74) is -0.878. The van der Waals surface area contributed by atoms with Crippen molar-refractivity contribution in [3.63, 3.8) is 0 Å². The Morgan fingerprint density at radius 3 is 1.90 bits per heavy atom. The Morgan fingerprint density at radius 1 is 0.950 bits per heavy atom. The van der Waals surface area contributed by atoms with E-state index in [4.69, 9.17) is 29.0 Å². The molecule has 118 valence electrons. The average molecular weight is 290 g/mol. The Kier molecular flexibility index (Phi) is 5.39. The molecular weight excluding hydrogens is 264 g/mol. The van der Waals surface area contributed by atoms with Crippen LogP contribution >= 0.6 is 0 Å². The Morgan fingerprint density at radius 2 is 1.45 bits per heavy atom. The van der Waals surface area contributed by atoms with E-state index >= 15 is 0 Å². The van der Waals surface area contributed by atoms with Gasteiger partial charge in [0.1, 0.15) is 36.6 Å². The molecule has 2 aliphatic heterocycles. The molecule has 2 heterocycles. The molecule has 3 unspecified atom stereocenters. The fraction of sp³-hybridized carbons (Fsp3) is 1.00. The van der Waals surface area contributed by atoms with E-state index in [0.717, 1.165) is 19.6 Å². The predicted octanol–water partition coefficient (Wildman–Crippen LogP) is 2.02. The highest BCUT2D eigenvalue weighted by Gasteiger charge is 2.36. The molecule has 2 rings (SSSR count). The lowest BCUT2D eigenvalue weighted by molar-refractivity contribution is -0.393. The lowest BCUT2D eigenvalue weighted by atomic mass is 9.89. The summed E-state index contributed by atoms with van der Waals surface area (Å²) in [6, 6.07) is 0. The minimum atomic E-state index is -0.459. The number of hydrogen-bond acceptors (Lipinski definition) is 6. The fourth-order valence-corrected chi connectivity index (χ4v) is 1.99. The summed E-state index contributed by atoms with van der Waals surface area (Å²) in [5.74, 6) is 0. The van der Waals surface area contributed by atoms with E-state index in [1.807, 2.05) is 20.8 Å². The maximum atomic E-state index is 5.56. The van der Waals surface area contributed by atoms with Crippen molar-refractivity contribution in [2.75, 3.05) is 26.4 Å². The molecule has 0 radical (unpaired) electrons. The monoisotopic (exact) mass is 290 g/mol. The van der Waals surface area contributed by atoms with Gasteiger partial charge in [-0.2, -0.15) is 0 Å². The maximum absolute atomic E-state index is 5.56. The first kappa shape index (κ1) is 16.1. The van der Waals surface area contributed by atoms with E-state index in [1.165, 1.54) is 0 Å². The zero-order valence-electron chi connectivity index (χ0n) is 12.8. The second kappa shape index (κ2) is 6.68. The first-order valence-electron chi connectivity index (χ1n) is 7.27. The van der Waals surface area contributed by atoms with Gasteiger partial charge in [0.05, 0.1) is 13.2 Å². The van der Waals surface area contributed by atoms with Gasteiger partial charge in [0, 0.05) is 6.42 Å². The van der Waals surface area contributed by atoms with Gasteiger partial charge in [0.2, 0.25) is 0 Å². The lowest BCUT2D eigenvalue weighted by Crippen LogP contribution is -2.39. The fourth-order valence-electron chi connectivity index (χ4n) is 1.99. The summed E-state index contributed by atoms with van der Waals surface area (Å²) < 4.78 is 10.1. The molecule has 20 heavy (non-hydrogen) atoms. The van der Waals surface area contributed by atoms with Crippen LogP contribution in [-0.2, 0) is 29.0 Å². The third kappa shape index (κ3) is 6.03. The van der Waals surface area contributed by atoms with Crippen LogP contribution < -0.4 is 0 Å². The van der Waals surface area contributed by atoms with Crippen LogP contribution in [0, 0.1) is 0 Å². The second-order valence-electron chi connectivity index (χ2n) is 6.39. The third-order valence-corrected chi connectivity index (χ3v) is 3.40. The summed E-state index contributed by atoms with van der Waals surface area (Å²) in [6.45, 7) is 10.5. The number of epoxide rings is 2. The molecule has 0 N–H and O–H groups in total. The molecule has 0 amide bonds. The highest BCUT2D eigenvalue weighted by Crippen LogP contribution is 2.30. The zero-order valence-corrected chi connectivity index (χ0v) is 12.8. The van der Waals surface area contributed by atoms with Crippen LogP contribution in [0.25, 0.3) is 0 Å². The summed E-state index contributed by atoms with van der Waals surface area (Å²) in [4.78, 5) is 21.5. The molecule has 3 atom stereocenters. The Hall–Kier alpha value is -0.240. The summed E-state index contributed by atoms with van der Waals surface area (Å²) in [6.07, 6.45) is 1.87. The van der Waals surface area contributed by atoms with E-state index in [0.29, 0.717) is 19.6 Å². The van der Waals surface area contributed by atoms with Gasteiger partial charge in [-0.1, -0.05) is 6.92 Å². The quantitative estimate of drug-likeness (QED) is 0.329. The van der Waals surface area contributed by atoms with Gasteiger partial charge in [-0.15, -0.1) is 0 Å². The van der Waals surface area contributed by atoms with Gasteiger partial charge in [0.25, 0.3) is 0 Å². The Bertz CT molecular complexity index is 300. The molecule has 0 aliphatic carbocycles. The highest BCUT2D eigenvalue weighted by molar-refractivity contribution is 4.82. The van der Waals surface area contributed by atoms with Crippen molar-refractivity contribution in [1.29, 1.82) is 0 Å². The van der Waals surface area contributed by atoms with Gasteiger partial charge in [-0.25, -0.2) is 19.6 Å². The van der Waals surface area contributed by atoms with Crippen LogP contribution in [0.15, 0.2) is 0 Å². The normalized spacial score (nSPS) is 28.2. The molecule has 2 aliphatic rings. The molecule has 2 saturated heterocycles. The summed E-state index contributed by atoms with van der Waals surface area (Å²) in [5, 5.41) is 0. The predicted molar refractivity (Wildman–Crippen MR) is 70.9 cm³/mol. The van der Waals surface area contributed by atoms with Crippen molar-refractivity contribution in [3.05, 3.63) is 0 Å². The SMILES string of the molecule is CCC(C)(CC(C)(C)OOCC1CO1)OOCC1CO1. The van der Waals surface area contributed by atoms with Crippen molar-refractivity contribution < 1.29 is 29.0 Å². The molecule has 6 nitrogen and oxygen atoms in total. The first-order valence-corrected chi connectivity index (χ1v) is 7.27. The van der Waals surface area contributed by atoms with E-state index in [1.54, 1.807) is 0 Å². The molecule has 0 spiro atoms. The van der Waals surface area contributed by atoms with Crippen LogP contribution in [0.1, 0.15) is 40.5 Å². The van der Waals surface area contributed by atoms with Crippen LogP contribution in [0.4, 0.5) is 0 Å². The van der Waals surface area contributed by atoms with Gasteiger partial charge in [-0.05, 0) is 27.2 Å². The van der Waals surface area contributed by atoms with Gasteiger partial charge >= 0.3 is 0 Å². The Balaban J connectivity index is 1.69. The van der Waals surface area contributed by atoms with Gasteiger partial charge < -0.3 is 9.47 Å². The molecule has 0 bridgehead atoms. The molecule has 0 saturated carbocycles. The van der Waals surface area contributed by atoms with E-state index in [-0.39, 0.29) is 12.2 Å². The van der Waals surface area contributed by atoms with Crippen LogP contribution in [0.2, 0.25) is 0 Å². The van der Waals surface area contributed by atoms with Crippen molar-refractivity contribution in [1.82, 2.24) is 0 Å². The topological polar surface area (TPSA) is 62.0 Å². The highest BCUT2D eigenvalue weighted by atomic mass is 17.2. The molecule has 2 fully saturated rings.